The van der Waals surface area contributed by atoms with E-state index in [1.807, 2.05) is 25.1 Å². The zero-order chi connectivity index (χ0) is 12.6. The maximum Gasteiger partial charge on any atom is 0.107 e. The van der Waals surface area contributed by atoms with Gasteiger partial charge in [0.1, 0.15) is 10.4 Å². The van der Waals surface area contributed by atoms with Crippen LogP contribution in [0.2, 0.25) is 8.67 Å². The van der Waals surface area contributed by atoms with Crippen LogP contribution in [0.3, 0.4) is 0 Å². The Morgan fingerprint density at radius 2 is 2.00 bits per heavy atom. The van der Waals surface area contributed by atoms with Gasteiger partial charge in [-0.25, -0.2) is 0 Å². The predicted octanol–water partition coefficient (Wildman–Crippen LogP) is 5.05. The molecule has 0 spiro atoms. The van der Waals surface area contributed by atoms with Crippen LogP contribution in [0, 0.1) is 10.5 Å². The molecule has 0 bridgehead atoms. The van der Waals surface area contributed by atoms with Crippen LogP contribution in [-0.4, -0.2) is 5.11 Å². The van der Waals surface area contributed by atoms with E-state index in [4.69, 9.17) is 23.2 Å². The number of halogens is 3. The van der Waals surface area contributed by atoms with E-state index in [2.05, 4.69) is 22.6 Å². The smallest absolute Gasteiger partial charge is 0.107 e. The van der Waals surface area contributed by atoms with Crippen LogP contribution in [0.25, 0.3) is 0 Å². The molecule has 2 aromatic rings. The van der Waals surface area contributed by atoms with Gasteiger partial charge in [0, 0.05) is 9.13 Å². The van der Waals surface area contributed by atoms with Crippen molar-refractivity contribution in [1.82, 2.24) is 0 Å². The maximum atomic E-state index is 10.4. The van der Waals surface area contributed by atoms with Gasteiger partial charge in [0.25, 0.3) is 0 Å². The van der Waals surface area contributed by atoms with Gasteiger partial charge in [-0.3, -0.25) is 0 Å². The second-order valence-corrected chi connectivity index (χ2v) is 7.02. The van der Waals surface area contributed by atoms with Crippen molar-refractivity contribution >= 4 is 57.1 Å². The first-order valence-electron chi connectivity index (χ1n) is 4.88. The van der Waals surface area contributed by atoms with Crippen molar-refractivity contribution in [1.29, 1.82) is 0 Å². The number of hydrogen-bond donors (Lipinski definition) is 1. The van der Waals surface area contributed by atoms with Crippen molar-refractivity contribution in [2.75, 3.05) is 0 Å². The number of rotatable bonds is 2. The molecule has 1 heterocycles. The lowest BCUT2D eigenvalue weighted by Crippen LogP contribution is -2.02. The van der Waals surface area contributed by atoms with Crippen LogP contribution >= 0.6 is 57.1 Å². The predicted molar refractivity (Wildman–Crippen MR) is 82.3 cm³/mol. The van der Waals surface area contributed by atoms with Crippen molar-refractivity contribution in [3.63, 3.8) is 0 Å². The number of thiophene rings is 1. The van der Waals surface area contributed by atoms with Gasteiger partial charge in [-0.1, -0.05) is 41.4 Å². The molecule has 0 saturated heterocycles. The first kappa shape index (κ1) is 13.6. The van der Waals surface area contributed by atoms with E-state index in [0.717, 1.165) is 14.7 Å². The minimum Gasteiger partial charge on any atom is -0.384 e. The van der Waals surface area contributed by atoms with E-state index >= 15 is 0 Å². The van der Waals surface area contributed by atoms with Crippen molar-refractivity contribution in [3.8, 4) is 0 Å². The zero-order valence-corrected chi connectivity index (χ0v) is 13.4. The van der Waals surface area contributed by atoms with E-state index in [9.17, 15) is 5.11 Å². The minimum absolute atomic E-state index is 0.541. The van der Waals surface area contributed by atoms with E-state index in [0.29, 0.717) is 14.2 Å². The van der Waals surface area contributed by atoms with Crippen LogP contribution in [-0.2, 0) is 0 Å². The van der Waals surface area contributed by atoms with Gasteiger partial charge < -0.3 is 5.11 Å². The van der Waals surface area contributed by atoms with Crippen LogP contribution in [0.5, 0.6) is 0 Å². The van der Waals surface area contributed by atoms with Gasteiger partial charge >= 0.3 is 0 Å². The van der Waals surface area contributed by atoms with E-state index in [-0.39, 0.29) is 0 Å². The first-order valence-corrected chi connectivity index (χ1v) is 7.53. The van der Waals surface area contributed by atoms with Crippen LogP contribution < -0.4 is 0 Å². The van der Waals surface area contributed by atoms with E-state index in [1.54, 1.807) is 6.07 Å². The van der Waals surface area contributed by atoms with Gasteiger partial charge in [-0.2, -0.15) is 0 Å². The topological polar surface area (TPSA) is 20.2 Å². The fourth-order valence-electron chi connectivity index (χ4n) is 1.59. The third kappa shape index (κ3) is 2.79. The summed E-state index contributed by atoms with van der Waals surface area (Å²) in [7, 11) is 0. The second kappa shape index (κ2) is 5.45. The SMILES string of the molecule is Cc1cccc(C(O)c2cc(Cl)sc2Cl)c1I. The van der Waals surface area contributed by atoms with Gasteiger partial charge in [0.2, 0.25) is 0 Å². The number of aliphatic hydroxyl groups is 1. The molecule has 1 nitrogen and oxygen atoms in total. The van der Waals surface area contributed by atoms with Crippen molar-refractivity contribution in [2.24, 2.45) is 0 Å². The molecule has 0 aliphatic carbocycles. The quantitative estimate of drug-likeness (QED) is 0.701. The lowest BCUT2D eigenvalue weighted by molar-refractivity contribution is 0.220. The molecule has 17 heavy (non-hydrogen) atoms. The molecule has 2 rings (SSSR count). The third-order valence-corrected chi connectivity index (χ3v) is 5.49. The highest BCUT2D eigenvalue weighted by molar-refractivity contribution is 14.1. The summed E-state index contributed by atoms with van der Waals surface area (Å²) in [5.74, 6) is 0. The molecular formula is C12H9Cl2IOS. The highest BCUT2D eigenvalue weighted by Crippen LogP contribution is 2.38. The van der Waals surface area contributed by atoms with Crippen LogP contribution in [0.1, 0.15) is 22.8 Å². The minimum atomic E-state index is -0.724. The highest BCUT2D eigenvalue weighted by atomic mass is 127. The molecule has 1 aromatic heterocycles. The fraction of sp³-hybridized carbons (Fsp3) is 0.167. The fourth-order valence-corrected chi connectivity index (χ4v) is 3.76. The average Bonchev–Trinajstić information content (AvgIpc) is 2.61. The molecule has 1 N–H and O–H groups in total. The normalized spacial score (nSPS) is 12.8. The molecule has 0 saturated carbocycles. The van der Waals surface area contributed by atoms with Gasteiger partial charge in [-0.05, 0) is 46.7 Å². The molecule has 1 unspecified atom stereocenters. The summed E-state index contributed by atoms with van der Waals surface area (Å²) in [4.78, 5) is 0. The highest BCUT2D eigenvalue weighted by Gasteiger charge is 2.19. The Bertz CT molecular complexity index is 553. The Kier molecular flexibility index (Phi) is 4.36. The second-order valence-electron chi connectivity index (χ2n) is 3.66. The first-order chi connectivity index (χ1) is 8.00. The van der Waals surface area contributed by atoms with E-state index in [1.165, 1.54) is 11.3 Å². The molecule has 0 aliphatic rings. The standard InChI is InChI=1S/C12H9Cl2IOS/c1-6-3-2-4-7(10(6)15)11(16)8-5-9(13)17-12(8)14/h2-5,11,16H,1H3. The molecule has 90 valence electrons. The average molecular weight is 399 g/mol. The maximum absolute atomic E-state index is 10.4. The molecule has 1 atom stereocenters. The monoisotopic (exact) mass is 398 g/mol. The molecular weight excluding hydrogens is 390 g/mol. The number of aryl methyl sites for hydroxylation is 1. The Hall–Kier alpha value is 0.190. The molecule has 0 fully saturated rings. The molecule has 5 heteroatoms. The Morgan fingerprint density at radius 3 is 2.59 bits per heavy atom. The Morgan fingerprint density at radius 1 is 1.29 bits per heavy atom. The molecule has 1 aromatic carbocycles. The van der Waals surface area contributed by atoms with Gasteiger partial charge in [-0.15, -0.1) is 11.3 Å². The summed E-state index contributed by atoms with van der Waals surface area (Å²) in [6.45, 7) is 2.01. The largest absolute Gasteiger partial charge is 0.384 e. The summed E-state index contributed by atoms with van der Waals surface area (Å²) in [6, 6.07) is 7.57. The van der Waals surface area contributed by atoms with Gasteiger partial charge in [0.15, 0.2) is 0 Å². The van der Waals surface area contributed by atoms with Crippen molar-refractivity contribution < 1.29 is 5.11 Å². The Balaban J connectivity index is 2.47. The summed E-state index contributed by atoms with van der Waals surface area (Å²) in [6.07, 6.45) is -0.724. The van der Waals surface area contributed by atoms with Gasteiger partial charge in [0.05, 0.1) is 4.34 Å². The summed E-state index contributed by atoms with van der Waals surface area (Å²) in [5, 5.41) is 10.4. The zero-order valence-electron chi connectivity index (χ0n) is 8.88. The van der Waals surface area contributed by atoms with Crippen molar-refractivity contribution in [2.45, 2.75) is 13.0 Å². The lowest BCUT2D eigenvalue weighted by atomic mass is 10.0. The van der Waals surface area contributed by atoms with Crippen LogP contribution in [0.4, 0.5) is 0 Å². The number of aliphatic hydroxyl groups excluding tert-OH is 1. The number of benzene rings is 1. The summed E-state index contributed by atoms with van der Waals surface area (Å²) < 4.78 is 2.18. The van der Waals surface area contributed by atoms with E-state index < -0.39 is 6.10 Å². The third-order valence-electron chi connectivity index (χ3n) is 2.49. The lowest BCUT2D eigenvalue weighted by Gasteiger charge is -2.13. The van der Waals surface area contributed by atoms with Crippen molar-refractivity contribution in [3.05, 3.63) is 53.2 Å². The summed E-state index contributed by atoms with van der Waals surface area (Å²) in [5.41, 5.74) is 2.67. The summed E-state index contributed by atoms with van der Waals surface area (Å²) >= 11 is 15.4. The van der Waals surface area contributed by atoms with Crippen LogP contribution in [0.15, 0.2) is 24.3 Å². The molecule has 0 radical (unpaired) electrons. The molecule has 0 amide bonds. The Labute approximate surface area is 128 Å². The molecule has 0 aliphatic heterocycles. The number of hydrogen-bond acceptors (Lipinski definition) is 2.